The Morgan fingerprint density at radius 1 is 1.09 bits per heavy atom. The van der Waals surface area contributed by atoms with Gasteiger partial charge in [-0.3, -0.25) is 4.72 Å². The highest BCUT2D eigenvalue weighted by Crippen LogP contribution is 2.25. The average Bonchev–Trinajstić information content (AvgIpc) is 2.46. The second-order valence-corrected chi connectivity index (χ2v) is 7.70. The van der Waals surface area contributed by atoms with Gasteiger partial charge < -0.3 is 5.32 Å². The van der Waals surface area contributed by atoms with Crippen molar-refractivity contribution in [2.24, 2.45) is 0 Å². The smallest absolute Gasteiger partial charge is 0.233 e. The van der Waals surface area contributed by atoms with E-state index in [9.17, 15) is 8.42 Å². The van der Waals surface area contributed by atoms with E-state index in [-0.39, 0.29) is 11.6 Å². The van der Waals surface area contributed by atoms with Crippen molar-refractivity contribution >= 4 is 50.4 Å². The highest BCUT2D eigenvalue weighted by atomic mass is 35.5. The molecule has 0 spiro atoms. The molecule has 0 saturated heterocycles. The van der Waals surface area contributed by atoms with Crippen molar-refractivity contribution in [3.05, 3.63) is 46.6 Å². The first kappa shape index (κ1) is 17.8. The maximum atomic E-state index is 11.8. The highest BCUT2D eigenvalue weighted by Gasteiger charge is 2.10. The number of nitrogens with zero attached hydrogens (tertiary/aromatic N) is 1. The molecule has 0 fully saturated rings. The monoisotopic (exact) mass is 373 g/mol. The Labute approximate surface area is 146 Å². The number of benzene rings is 1. The van der Waals surface area contributed by atoms with Crippen LogP contribution in [0.3, 0.4) is 0 Å². The summed E-state index contributed by atoms with van der Waals surface area (Å²) in [5, 5.41) is 4.14. The van der Waals surface area contributed by atoms with Crippen molar-refractivity contribution in [2.45, 2.75) is 19.8 Å². The summed E-state index contributed by atoms with van der Waals surface area (Å²) in [4.78, 5) is 4.09. The molecule has 0 aliphatic rings. The van der Waals surface area contributed by atoms with Crippen molar-refractivity contribution in [1.82, 2.24) is 4.98 Å². The van der Waals surface area contributed by atoms with Gasteiger partial charge in [-0.05, 0) is 36.8 Å². The number of nitrogens with one attached hydrogen (secondary N) is 2. The second kappa shape index (κ2) is 7.86. The zero-order valence-electron chi connectivity index (χ0n) is 12.5. The Morgan fingerprint density at radius 3 is 2.35 bits per heavy atom. The van der Waals surface area contributed by atoms with Gasteiger partial charge in [0.05, 0.1) is 17.6 Å². The van der Waals surface area contributed by atoms with Crippen molar-refractivity contribution < 1.29 is 8.42 Å². The van der Waals surface area contributed by atoms with Crippen molar-refractivity contribution in [2.75, 3.05) is 15.8 Å². The number of rotatable bonds is 7. The predicted molar refractivity (Wildman–Crippen MR) is 96.3 cm³/mol. The number of halogens is 2. The van der Waals surface area contributed by atoms with Gasteiger partial charge in [0.15, 0.2) is 0 Å². The number of pyridine rings is 1. The normalized spacial score (nSPS) is 11.3. The summed E-state index contributed by atoms with van der Waals surface area (Å²) >= 11 is 11.9. The van der Waals surface area contributed by atoms with Crippen LogP contribution in [-0.4, -0.2) is 19.2 Å². The van der Waals surface area contributed by atoms with Crippen LogP contribution in [0.1, 0.15) is 19.8 Å². The van der Waals surface area contributed by atoms with Crippen LogP contribution in [-0.2, 0) is 10.0 Å². The summed E-state index contributed by atoms with van der Waals surface area (Å²) in [5.74, 6) is 0.377. The summed E-state index contributed by atoms with van der Waals surface area (Å²) in [5.41, 5.74) is 1.42. The Kier molecular flexibility index (Phi) is 6.10. The molecule has 0 unspecified atom stereocenters. The van der Waals surface area contributed by atoms with Crippen LogP contribution in [0.4, 0.5) is 17.2 Å². The maximum Gasteiger partial charge on any atom is 0.233 e. The van der Waals surface area contributed by atoms with Gasteiger partial charge in [0, 0.05) is 15.7 Å². The van der Waals surface area contributed by atoms with Gasteiger partial charge in [0.1, 0.15) is 5.82 Å². The third kappa shape index (κ3) is 5.89. The lowest BCUT2D eigenvalue weighted by molar-refractivity contribution is 0.597. The van der Waals surface area contributed by atoms with Crippen molar-refractivity contribution in [3.63, 3.8) is 0 Å². The number of hydrogen-bond acceptors (Lipinski definition) is 4. The summed E-state index contributed by atoms with van der Waals surface area (Å²) in [6.45, 7) is 1.94. The number of unbranched alkanes of at least 4 members (excludes halogenated alkanes) is 1. The third-order valence-electron chi connectivity index (χ3n) is 2.94. The minimum absolute atomic E-state index is 0.0895. The van der Waals surface area contributed by atoms with Gasteiger partial charge in [-0.15, -0.1) is 0 Å². The highest BCUT2D eigenvalue weighted by molar-refractivity contribution is 7.92. The van der Waals surface area contributed by atoms with Crippen LogP contribution in [0.5, 0.6) is 0 Å². The van der Waals surface area contributed by atoms with Crippen LogP contribution in [0.15, 0.2) is 36.5 Å². The molecule has 1 aromatic heterocycles. The molecular weight excluding hydrogens is 357 g/mol. The molecule has 0 bridgehead atoms. The van der Waals surface area contributed by atoms with E-state index in [0.29, 0.717) is 22.2 Å². The van der Waals surface area contributed by atoms with E-state index >= 15 is 0 Å². The number of anilines is 3. The zero-order valence-corrected chi connectivity index (χ0v) is 14.8. The zero-order chi connectivity index (χ0) is 16.9. The maximum absolute atomic E-state index is 11.8. The first-order chi connectivity index (χ1) is 10.9. The third-order valence-corrected chi connectivity index (χ3v) is 4.72. The number of sulfonamides is 1. The van der Waals surface area contributed by atoms with Gasteiger partial charge in [-0.2, -0.15) is 0 Å². The number of aromatic nitrogens is 1. The van der Waals surface area contributed by atoms with Crippen LogP contribution >= 0.6 is 23.2 Å². The summed E-state index contributed by atoms with van der Waals surface area (Å²) in [6, 6.07) is 8.42. The molecule has 0 saturated carbocycles. The molecule has 0 amide bonds. The average molecular weight is 374 g/mol. The molecule has 2 rings (SSSR count). The molecule has 0 radical (unpaired) electrons. The molecule has 1 aromatic carbocycles. The first-order valence-electron chi connectivity index (χ1n) is 7.07. The molecule has 0 aliphatic heterocycles. The molecule has 23 heavy (non-hydrogen) atoms. The predicted octanol–water partition coefficient (Wildman–Crippen LogP) is 4.67. The molecular formula is C15H17Cl2N3O2S. The second-order valence-electron chi connectivity index (χ2n) is 4.99. The van der Waals surface area contributed by atoms with E-state index in [0.717, 1.165) is 12.1 Å². The summed E-state index contributed by atoms with van der Waals surface area (Å²) < 4.78 is 26.1. The fourth-order valence-corrected chi connectivity index (χ4v) is 3.60. The minimum Gasteiger partial charge on any atom is -0.354 e. The van der Waals surface area contributed by atoms with Crippen LogP contribution < -0.4 is 10.0 Å². The van der Waals surface area contributed by atoms with E-state index in [2.05, 4.69) is 15.0 Å². The first-order valence-corrected chi connectivity index (χ1v) is 9.48. The molecule has 2 aromatic rings. The van der Waals surface area contributed by atoms with Gasteiger partial charge in [-0.25, -0.2) is 13.4 Å². The van der Waals surface area contributed by atoms with Crippen LogP contribution in [0.2, 0.25) is 10.0 Å². The van der Waals surface area contributed by atoms with Crippen LogP contribution in [0.25, 0.3) is 0 Å². The summed E-state index contributed by atoms with van der Waals surface area (Å²) in [6.07, 6.45) is 2.97. The van der Waals surface area contributed by atoms with E-state index in [1.165, 1.54) is 6.20 Å². The Balaban J connectivity index is 2.04. The van der Waals surface area contributed by atoms with Gasteiger partial charge >= 0.3 is 0 Å². The molecule has 1 heterocycles. The Bertz CT molecular complexity index is 745. The van der Waals surface area contributed by atoms with E-state index < -0.39 is 10.0 Å². The number of hydrogen-bond donors (Lipinski definition) is 2. The van der Waals surface area contributed by atoms with E-state index in [4.69, 9.17) is 23.2 Å². The SMILES string of the molecule is CCCCS(=O)(=O)Nc1ccc(Nc2cc(Cl)cc(Cl)c2)cn1. The van der Waals surface area contributed by atoms with Gasteiger partial charge in [0.25, 0.3) is 0 Å². The molecule has 124 valence electrons. The quantitative estimate of drug-likeness (QED) is 0.739. The fourth-order valence-electron chi connectivity index (χ4n) is 1.87. The van der Waals surface area contributed by atoms with Gasteiger partial charge in [-0.1, -0.05) is 36.5 Å². The largest absolute Gasteiger partial charge is 0.354 e. The van der Waals surface area contributed by atoms with Gasteiger partial charge in [0.2, 0.25) is 10.0 Å². The molecule has 5 nitrogen and oxygen atoms in total. The van der Waals surface area contributed by atoms with Crippen LogP contribution in [0, 0.1) is 0 Å². The lowest BCUT2D eigenvalue weighted by Gasteiger charge is -2.09. The van der Waals surface area contributed by atoms with E-state index in [1.54, 1.807) is 30.3 Å². The summed E-state index contributed by atoms with van der Waals surface area (Å²) in [7, 11) is -3.35. The Hall–Kier alpha value is -1.50. The van der Waals surface area contributed by atoms with Crippen molar-refractivity contribution in [1.29, 1.82) is 0 Å². The lowest BCUT2D eigenvalue weighted by atomic mass is 10.3. The fraction of sp³-hybridized carbons (Fsp3) is 0.267. The molecule has 2 N–H and O–H groups in total. The molecule has 8 heteroatoms. The lowest BCUT2D eigenvalue weighted by Crippen LogP contribution is -2.17. The standard InChI is InChI=1S/C15H17Cl2N3O2S/c1-2-3-6-23(21,22)20-15-5-4-13(10-18-15)19-14-8-11(16)7-12(17)9-14/h4-5,7-10,19H,2-3,6H2,1H3,(H,18,20). The Morgan fingerprint density at radius 2 is 1.78 bits per heavy atom. The molecule has 0 aliphatic carbocycles. The molecule has 0 atom stereocenters. The topological polar surface area (TPSA) is 71.1 Å². The van der Waals surface area contributed by atoms with E-state index in [1.807, 2.05) is 6.92 Å². The van der Waals surface area contributed by atoms with Crippen molar-refractivity contribution in [3.8, 4) is 0 Å². The minimum atomic E-state index is -3.35.